The number of nitroso groups, excluding NO2 is 1. The molecule has 4 aromatic rings. The molecule has 0 bridgehead atoms. The van der Waals surface area contributed by atoms with Crippen LogP contribution in [0.15, 0.2) is 76.2 Å². The first-order valence-electron chi connectivity index (χ1n) is 8.17. The van der Waals surface area contributed by atoms with Crippen molar-refractivity contribution in [2.24, 2.45) is 15.4 Å². The second kappa shape index (κ2) is 7.16. The minimum atomic E-state index is -1.26. The van der Waals surface area contributed by atoms with Crippen LogP contribution in [0.3, 0.4) is 0 Å². The average Bonchev–Trinajstić information content (AvgIpc) is 3.16. The van der Waals surface area contributed by atoms with E-state index in [-0.39, 0.29) is 16.9 Å². The highest BCUT2D eigenvalue weighted by atomic mass is 16.4. The van der Waals surface area contributed by atoms with E-state index in [1.165, 1.54) is 18.2 Å². The number of nitrogens with zero attached hydrogens (tertiary/aromatic N) is 5. The zero-order valence-electron chi connectivity index (χ0n) is 14.3. The Balaban J connectivity index is 1.64. The Morgan fingerprint density at radius 1 is 1.00 bits per heavy atom. The highest BCUT2D eigenvalue weighted by Gasteiger charge is 2.12. The first-order valence-corrected chi connectivity index (χ1v) is 8.17. The minimum Gasteiger partial charge on any atom is -0.478 e. The number of hydrogen-bond donors (Lipinski definition) is 2. The van der Waals surface area contributed by atoms with Crippen molar-refractivity contribution in [3.05, 3.63) is 71.3 Å². The molecule has 2 N–H and O–H groups in total. The van der Waals surface area contributed by atoms with E-state index in [4.69, 9.17) is 5.11 Å². The number of carboxylic acid groups (broad SMARTS) is 1. The van der Waals surface area contributed by atoms with Gasteiger partial charge in [-0.05, 0) is 47.6 Å². The van der Waals surface area contributed by atoms with Crippen LogP contribution < -0.4 is 0 Å². The van der Waals surface area contributed by atoms with Crippen LogP contribution in [0.25, 0.3) is 22.6 Å². The molecule has 0 fully saturated rings. The van der Waals surface area contributed by atoms with Gasteiger partial charge in [-0.25, -0.2) is 9.78 Å². The highest BCUT2D eigenvalue weighted by molar-refractivity contribution is 5.94. The summed E-state index contributed by atoms with van der Waals surface area (Å²) in [6.45, 7) is 0. The molecule has 0 aliphatic carbocycles. The van der Waals surface area contributed by atoms with Crippen LogP contribution in [0, 0.1) is 4.91 Å². The lowest BCUT2D eigenvalue weighted by molar-refractivity contribution is 0.0698. The fourth-order valence-corrected chi connectivity index (χ4v) is 2.64. The van der Waals surface area contributed by atoms with Crippen LogP contribution in [-0.4, -0.2) is 26.0 Å². The molecule has 0 aliphatic heterocycles. The van der Waals surface area contributed by atoms with Crippen LogP contribution in [0.1, 0.15) is 10.4 Å². The Bertz CT molecular complexity index is 1200. The number of H-pyrrole nitrogens is 1. The molecule has 0 unspecified atom stereocenters. The number of carbonyl (C=O) groups is 1. The van der Waals surface area contributed by atoms with Crippen molar-refractivity contribution >= 4 is 34.1 Å². The lowest BCUT2D eigenvalue weighted by atomic mass is 10.1. The molecule has 9 nitrogen and oxygen atoms in total. The number of fused-ring (bicyclic) bond motifs is 1. The smallest absolute Gasteiger partial charge is 0.338 e. The number of pyridine rings is 1. The van der Waals surface area contributed by atoms with Crippen molar-refractivity contribution in [2.45, 2.75) is 0 Å². The fourth-order valence-electron chi connectivity index (χ4n) is 2.64. The first kappa shape index (κ1) is 17.2. The second-order valence-electron chi connectivity index (χ2n) is 5.80. The van der Waals surface area contributed by atoms with E-state index in [0.717, 1.165) is 11.0 Å². The number of nitrogens with one attached hydrogen (secondary N) is 1. The summed E-state index contributed by atoms with van der Waals surface area (Å²) in [4.78, 5) is 33.9. The molecule has 2 aromatic heterocycles. The van der Waals surface area contributed by atoms with Crippen LogP contribution in [-0.2, 0) is 0 Å². The number of imidazole rings is 1. The van der Waals surface area contributed by atoms with E-state index >= 15 is 0 Å². The number of benzene rings is 2. The summed E-state index contributed by atoms with van der Waals surface area (Å²) in [6.07, 6.45) is 1.58. The molecular formula is C19H12N6O3. The van der Waals surface area contributed by atoms with E-state index in [1.807, 2.05) is 24.3 Å². The molecule has 0 radical (unpaired) electrons. The molecule has 0 saturated heterocycles. The standard InChI is InChI=1S/C19H12N6O3/c26-19(27)13-9-11(5-6-14(13)25-28)23-24-12-7-8-20-17(10-12)18-21-15-3-1-2-4-16(15)22-18/h1-10H,(H,21,22)(H,26,27). The minimum absolute atomic E-state index is 0.164. The zero-order chi connectivity index (χ0) is 19.5. The van der Waals surface area contributed by atoms with E-state index in [9.17, 15) is 9.70 Å². The highest BCUT2D eigenvalue weighted by Crippen LogP contribution is 2.27. The average molecular weight is 372 g/mol. The number of para-hydroxylation sites is 2. The second-order valence-corrected chi connectivity index (χ2v) is 5.80. The third kappa shape index (κ3) is 3.36. The topological polar surface area (TPSA) is 133 Å². The summed E-state index contributed by atoms with van der Waals surface area (Å²) < 4.78 is 0. The summed E-state index contributed by atoms with van der Waals surface area (Å²) >= 11 is 0. The predicted molar refractivity (Wildman–Crippen MR) is 102 cm³/mol. The van der Waals surface area contributed by atoms with E-state index in [1.54, 1.807) is 18.3 Å². The van der Waals surface area contributed by atoms with Crippen molar-refractivity contribution in [2.75, 3.05) is 0 Å². The predicted octanol–water partition coefficient (Wildman–Crippen LogP) is 5.14. The number of rotatable bonds is 5. The summed E-state index contributed by atoms with van der Waals surface area (Å²) in [5, 5.41) is 20.0. The molecule has 0 aliphatic rings. The quantitative estimate of drug-likeness (QED) is 0.370. The van der Waals surface area contributed by atoms with Crippen LogP contribution in [0.2, 0.25) is 0 Å². The van der Waals surface area contributed by atoms with E-state index in [2.05, 4.69) is 30.4 Å². The van der Waals surface area contributed by atoms with Gasteiger partial charge >= 0.3 is 5.97 Å². The summed E-state index contributed by atoms with van der Waals surface area (Å²) in [6, 6.07) is 15.0. The SMILES string of the molecule is O=Nc1ccc(N=Nc2ccnc(-c3nc4ccccc4[nH]3)c2)cc1C(=O)O. The van der Waals surface area contributed by atoms with E-state index < -0.39 is 5.97 Å². The third-order valence-corrected chi connectivity index (χ3v) is 3.97. The van der Waals surface area contributed by atoms with Gasteiger partial charge in [0.1, 0.15) is 11.4 Å². The number of aromatic nitrogens is 3. The lowest BCUT2D eigenvalue weighted by Crippen LogP contribution is -1.95. The summed E-state index contributed by atoms with van der Waals surface area (Å²) in [5.41, 5.74) is 2.73. The van der Waals surface area contributed by atoms with Crippen LogP contribution in [0.5, 0.6) is 0 Å². The molecule has 0 saturated carbocycles. The Labute approximate surface area is 157 Å². The summed E-state index contributed by atoms with van der Waals surface area (Å²) in [7, 11) is 0. The van der Waals surface area contributed by atoms with Gasteiger partial charge in [-0.2, -0.15) is 10.2 Å². The molecule has 2 aromatic carbocycles. The van der Waals surface area contributed by atoms with Crippen LogP contribution >= 0.6 is 0 Å². The zero-order valence-corrected chi connectivity index (χ0v) is 14.3. The third-order valence-electron chi connectivity index (χ3n) is 3.97. The molecular weight excluding hydrogens is 360 g/mol. The number of carboxylic acids is 1. The van der Waals surface area contributed by atoms with Gasteiger partial charge in [-0.1, -0.05) is 12.1 Å². The summed E-state index contributed by atoms with van der Waals surface area (Å²) in [5.74, 6) is -0.657. The van der Waals surface area contributed by atoms with Crippen molar-refractivity contribution < 1.29 is 9.90 Å². The van der Waals surface area contributed by atoms with E-state index in [0.29, 0.717) is 17.2 Å². The molecule has 136 valence electrons. The van der Waals surface area contributed by atoms with Crippen molar-refractivity contribution in [3.63, 3.8) is 0 Å². The Morgan fingerprint density at radius 2 is 1.79 bits per heavy atom. The van der Waals surface area contributed by atoms with Gasteiger partial charge in [0.15, 0.2) is 5.82 Å². The van der Waals surface area contributed by atoms with Gasteiger partial charge in [0.2, 0.25) is 0 Å². The van der Waals surface area contributed by atoms with Crippen molar-refractivity contribution in [3.8, 4) is 11.5 Å². The Hall–Kier alpha value is -4.27. The normalized spacial score (nSPS) is 11.1. The molecule has 0 spiro atoms. The number of aromatic carboxylic acids is 1. The van der Waals surface area contributed by atoms with Crippen LogP contribution in [0.4, 0.5) is 17.1 Å². The molecule has 9 heteroatoms. The maximum Gasteiger partial charge on any atom is 0.338 e. The maximum absolute atomic E-state index is 11.2. The molecule has 0 atom stereocenters. The monoisotopic (exact) mass is 372 g/mol. The number of aromatic amines is 1. The van der Waals surface area contributed by atoms with Crippen molar-refractivity contribution in [1.29, 1.82) is 0 Å². The fraction of sp³-hybridized carbons (Fsp3) is 0. The molecule has 0 amide bonds. The molecule has 4 rings (SSSR count). The van der Waals surface area contributed by atoms with Gasteiger partial charge in [-0.15, -0.1) is 4.91 Å². The van der Waals surface area contributed by atoms with Gasteiger partial charge in [0.05, 0.1) is 28.0 Å². The number of hydrogen-bond acceptors (Lipinski definition) is 7. The van der Waals surface area contributed by atoms with Gasteiger partial charge in [0.25, 0.3) is 0 Å². The molecule has 2 heterocycles. The maximum atomic E-state index is 11.2. The van der Waals surface area contributed by atoms with Gasteiger partial charge < -0.3 is 10.1 Å². The largest absolute Gasteiger partial charge is 0.478 e. The number of azo groups is 1. The lowest BCUT2D eigenvalue weighted by Gasteiger charge is -2.00. The van der Waals surface area contributed by atoms with Crippen molar-refractivity contribution in [1.82, 2.24) is 15.0 Å². The van der Waals surface area contributed by atoms with Gasteiger partial charge in [-0.3, -0.25) is 4.98 Å². The molecule has 28 heavy (non-hydrogen) atoms. The Kier molecular flexibility index (Phi) is 4.38. The first-order chi connectivity index (χ1) is 13.6. The Morgan fingerprint density at radius 3 is 2.54 bits per heavy atom. The van der Waals surface area contributed by atoms with Gasteiger partial charge in [0, 0.05) is 6.20 Å².